The maximum atomic E-state index is 5.99. The SMILES string of the molecule is Cc1ccc(Cc2noc([C@H](N)C(C)C)n2)cc1C. The number of rotatable bonds is 4. The van der Waals surface area contributed by atoms with Crippen molar-refractivity contribution in [2.45, 2.75) is 40.2 Å². The van der Waals surface area contributed by atoms with Crippen LogP contribution in [0.2, 0.25) is 0 Å². The smallest absolute Gasteiger partial charge is 0.243 e. The lowest BCUT2D eigenvalue weighted by Crippen LogP contribution is -2.17. The first kappa shape index (κ1) is 13.7. The summed E-state index contributed by atoms with van der Waals surface area (Å²) >= 11 is 0. The van der Waals surface area contributed by atoms with Crippen molar-refractivity contribution < 1.29 is 4.52 Å². The average Bonchev–Trinajstić information content (AvgIpc) is 2.81. The van der Waals surface area contributed by atoms with E-state index in [0.29, 0.717) is 18.1 Å². The molecule has 0 aliphatic rings. The number of nitrogens with two attached hydrogens (primary N) is 1. The van der Waals surface area contributed by atoms with E-state index < -0.39 is 0 Å². The molecule has 4 heteroatoms. The molecule has 102 valence electrons. The Balaban J connectivity index is 2.13. The van der Waals surface area contributed by atoms with E-state index >= 15 is 0 Å². The van der Waals surface area contributed by atoms with Crippen LogP contribution in [0, 0.1) is 19.8 Å². The molecule has 0 radical (unpaired) electrons. The van der Waals surface area contributed by atoms with Crippen molar-refractivity contribution in [3.8, 4) is 0 Å². The first-order valence-electron chi connectivity index (χ1n) is 6.61. The molecule has 1 atom stereocenters. The van der Waals surface area contributed by atoms with Gasteiger partial charge in [0.2, 0.25) is 5.89 Å². The van der Waals surface area contributed by atoms with Gasteiger partial charge in [0.15, 0.2) is 5.82 Å². The van der Waals surface area contributed by atoms with E-state index in [9.17, 15) is 0 Å². The van der Waals surface area contributed by atoms with Gasteiger partial charge in [-0.1, -0.05) is 37.2 Å². The summed E-state index contributed by atoms with van der Waals surface area (Å²) in [5.41, 5.74) is 9.75. The first-order chi connectivity index (χ1) is 8.97. The van der Waals surface area contributed by atoms with Crippen LogP contribution in [0.3, 0.4) is 0 Å². The molecule has 1 aromatic heterocycles. The maximum Gasteiger partial charge on any atom is 0.243 e. The first-order valence-corrected chi connectivity index (χ1v) is 6.61. The van der Waals surface area contributed by atoms with Crippen LogP contribution in [0.25, 0.3) is 0 Å². The molecule has 0 aliphatic carbocycles. The topological polar surface area (TPSA) is 64.9 Å². The molecule has 2 aromatic rings. The van der Waals surface area contributed by atoms with Crippen LogP contribution in [0.5, 0.6) is 0 Å². The van der Waals surface area contributed by atoms with Crippen LogP contribution in [0.4, 0.5) is 0 Å². The lowest BCUT2D eigenvalue weighted by atomic mass is 10.0. The molecule has 1 heterocycles. The fourth-order valence-corrected chi connectivity index (χ4v) is 1.86. The van der Waals surface area contributed by atoms with Gasteiger partial charge in [-0.25, -0.2) is 0 Å². The predicted molar refractivity (Wildman–Crippen MR) is 74.8 cm³/mol. The lowest BCUT2D eigenvalue weighted by Gasteiger charge is -2.09. The van der Waals surface area contributed by atoms with E-state index in [1.807, 2.05) is 13.8 Å². The second kappa shape index (κ2) is 5.53. The molecule has 1 aromatic carbocycles. The third-order valence-corrected chi connectivity index (χ3v) is 3.42. The van der Waals surface area contributed by atoms with Crippen LogP contribution < -0.4 is 5.73 Å². The van der Waals surface area contributed by atoms with E-state index in [-0.39, 0.29) is 12.0 Å². The Kier molecular flexibility index (Phi) is 4.00. The molecule has 0 aliphatic heterocycles. The summed E-state index contributed by atoms with van der Waals surface area (Å²) in [6, 6.07) is 6.18. The summed E-state index contributed by atoms with van der Waals surface area (Å²) in [5.74, 6) is 1.50. The quantitative estimate of drug-likeness (QED) is 0.916. The van der Waals surface area contributed by atoms with Crippen LogP contribution in [0.15, 0.2) is 22.7 Å². The minimum atomic E-state index is -0.194. The summed E-state index contributed by atoms with van der Waals surface area (Å²) in [4.78, 5) is 4.38. The van der Waals surface area contributed by atoms with Gasteiger partial charge < -0.3 is 10.3 Å². The van der Waals surface area contributed by atoms with Crippen LogP contribution in [-0.2, 0) is 6.42 Å². The second-order valence-electron chi connectivity index (χ2n) is 5.41. The van der Waals surface area contributed by atoms with Gasteiger partial charge in [-0.2, -0.15) is 4.98 Å². The minimum absolute atomic E-state index is 0.194. The van der Waals surface area contributed by atoms with Crippen molar-refractivity contribution in [2.75, 3.05) is 0 Å². The summed E-state index contributed by atoms with van der Waals surface area (Å²) < 4.78 is 5.23. The molecule has 4 nitrogen and oxygen atoms in total. The number of aromatic nitrogens is 2. The normalized spacial score (nSPS) is 12.9. The van der Waals surface area contributed by atoms with Crippen molar-refractivity contribution in [3.05, 3.63) is 46.6 Å². The highest BCUT2D eigenvalue weighted by molar-refractivity contribution is 5.31. The highest BCUT2D eigenvalue weighted by atomic mass is 16.5. The van der Waals surface area contributed by atoms with Gasteiger partial charge in [0, 0.05) is 6.42 Å². The molecular weight excluding hydrogens is 238 g/mol. The van der Waals surface area contributed by atoms with Gasteiger partial charge in [0.1, 0.15) is 0 Å². The van der Waals surface area contributed by atoms with E-state index in [4.69, 9.17) is 10.3 Å². The van der Waals surface area contributed by atoms with Gasteiger partial charge >= 0.3 is 0 Å². The van der Waals surface area contributed by atoms with Crippen molar-refractivity contribution in [1.82, 2.24) is 10.1 Å². The lowest BCUT2D eigenvalue weighted by molar-refractivity contribution is 0.322. The second-order valence-corrected chi connectivity index (χ2v) is 5.41. The average molecular weight is 259 g/mol. The van der Waals surface area contributed by atoms with Crippen LogP contribution in [-0.4, -0.2) is 10.1 Å². The fraction of sp³-hybridized carbons (Fsp3) is 0.467. The number of benzene rings is 1. The zero-order valence-electron chi connectivity index (χ0n) is 12.0. The Morgan fingerprint density at radius 1 is 1.21 bits per heavy atom. The molecule has 0 saturated carbocycles. The van der Waals surface area contributed by atoms with Gasteiger partial charge in [0.05, 0.1) is 6.04 Å². The zero-order valence-corrected chi connectivity index (χ0v) is 12.0. The third-order valence-electron chi connectivity index (χ3n) is 3.42. The minimum Gasteiger partial charge on any atom is -0.338 e. The Labute approximate surface area is 114 Å². The molecule has 0 spiro atoms. The Hall–Kier alpha value is -1.68. The summed E-state index contributed by atoms with van der Waals surface area (Å²) in [5, 5.41) is 4.00. The fourth-order valence-electron chi connectivity index (χ4n) is 1.86. The molecule has 0 amide bonds. The molecule has 0 saturated heterocycles. The van der Waals surface area contributed by atoms with E-state index in [2.05, 4.69) is 42.2 Å². The number of hydrogen-bond donors (Lipinski definition) is 1. The molecule has 0 fully saturated rings. The highest BCUT2D eigenvalue weighted by Crippen LogP contribution is 2.18. The zero-order chi connectivity index (χ0) is 14.0. The standard InChI is InChI=1S/C15H21N3O/c1-9(2)14(16)15-17-13(18-19-15)8-12-6-5-10(3)11(4)7-12/h5-7,9,14H,8,16H2,1-4H3/t14-/m1/s1. The van der Waals surface area contributed by atoms with Crippen molar-refractivity contribution in [3.63, 3.8) is 0 Å². The molecule has 2 rings (SSSR count). The Morgan fingerprint density at radius 3 is 2.58 bits per heavy atom. The van der Waals surface area contributed by atoms with Gasteiger partial charge in [-0.3, -0.25) is 0 Å². The van der Waals surface area contributed by atoms with Crippen molar-refractivity contribution >= 4 is 0 Å². The van der Waals surface area contributed by atoms with E-state index in [0.717, 1.165) is 0 Å². The molecular formula is C15H21N3O. The Bertz CT molecular complexity index is 560. The molecule has 0 bridgehead atoms. The van der Waals surface area contributed by atoms with Crippen LogP contribution in [0.1, 0.15) is 48.3 Å². The van der Waals surface area contributed by atoms with Gasteiger partial charge in [0.25, 0.3) is 0 Å². The van der Waals surface area contributed by atoms with Gasteiger partial charge in [-0.15, -0.1) is 0 Å². The summed E-state index contributed by atoms with van der Waals surface area (Å²) in [6.07, 6.45) is 0.676. The molecule has 19 heavy (non-hydrogen) atoms. The van der Waals surface area contributed by atoms with Gasteiger partial charge in [-0.05, 0) is 36.5 Å². The Morgan fingerprint density at radius 2 is 1.95 bits per heavy atom. The summed E-state index contributed by atoms with van der Waals surface area (Å²) in [7, 11) is 0. The number of nitrogens with zero attached hydrogens (tertiary/aromatic N) is 2. The number of hydrogen-bond acceptors (Lipinski definition) is 4. The largest absolute Gasteiger partial charge is 0.338 e. The number of aryl methyl sites for hydroxylation is 2. The monoisotopic (exact) mass is 259 g/mol. The van der Waals surface area contributed by atoms with Crippen molar-refractivity contribution in [1.29, 1.82) is 0 Å². The highest BCUT2D eigenvalue weighted by Gasteiger charge is 2.18. The molecule has 0 unspecified atom stereocenters. The third kappa shape index (κ3) is 3.20. The summed E-state index contributed by atoms with van der Waals surface area (Å²) in [6.45, 7) is 8.29. The van der Waals surface area contributed by atoms with E-state index in [1.165, 1.54) is 16.7 Å². The van der Waals surface area contributed by atoms with Crippen molar-refractivity contribution in [2.24, 2.45) is 11.7 Å². The molecule has 2 N–H and O–H groups in total. The maximum absolute atomic E-state index is 5.99. The predicted octanol–water partition coefficient (Wildman–Crippen LogP) is 2.93. The van der Waals surface area contributed by atoms with E-state index in [1.54, 1.807) is 0 Å². The van der Waals surface area contributed by atoms with Crippen LogP contribution >= 0.6 is 0 Å².